The molecule has 2 aliphatic rings. The molecule has 0 saturated carbocycles. The molecular formula is C14H20N4O2S. The van der Waals surface area contributed by atoms with Gasteiger partial charge in [-0.15, -0.1) is 0 Å². The molecule has 3 rings (SSSR count). The summed E-state index contributed by atoms with van der Waals surface area (Å²) in [6, 6.07) is 0. The lowest BCUT2D eigenvalue weighted by Crippen LogP contribution is -2.36. The average Bonchev–Trinajstić information content (AvgIpc) is 2.90. The zero-order valence-corrected chi connectivity index (χ0v) is 13.0. The van der Waals surface area contributed by atoms with Crippen LogP contribution in [0.1, 0.15) is 23.0 Å². The quantitative estimate of drug-likeness (QED) is 0.835. The molecule has 6 nitrogen and oxygen atoms in total. The van der Waals surface area contributed by atoms with E-state index in [1.54, 1.807) is 0 Å². The van der Waals surface area contributed by atoms with Crippen molar-refractivity contribution in [1.82, 2.24) is 9.88 Å². The van der Waals surface area contributed by atoms with E-state index in [1.165, 1.54) is 16.9 Å². The Hall–Kier alpha value is -1.60. The maximum Gasteiger partial charge on any atom is 0.268 e. The van der Waals surface area contributed by atoms with Gasteiger partial charge in [-0.2, -0.15) is 0 Å². The third-order valence-corrected chi connectivity index (χ3v) is 4.96. The van der Waals surface area contributed by atoms with Gasteiger partial charge in [-0.05, 0) is 13.3 Å². The van der Waals surface area contributed by atoms with Gasteiger partial charge < -0.3 is 20.3 Å². The van der Waals surface area contributed by atoms with E-state index in [0.717, 1.165) is 31.2 Å². The molecule has 0 spiro atoms. The van der Waals surface area contributed by atoms with Gasteiger partial charge in [0.1, 0.15) is 10.7 Å². The van der Waals surface area contributed by atoms with E-state index in [-0.39, 0.29) is 5.91 Å². The number of nitrogens with zero attached hydrogens (tertiary/aromatic N) is 3. The molecule has 1 amide bonds. The van der Waals surface area contributed by atoms with E-state index < -0.39 is 0 Å². The molecule has 114 valence electrons. The molecule has 0 aliphatic carbocycles. The van der Waals surface area contributed by atoms with Crippen molar-refractivity contribution in [1.29, 1.82) is 0 Å². The molecule has 0 aromatic carbocycles. The van der Waals surface area contributed by atoms with E-state index >= 15 is 0 Å². The predicted molar refractivity (Wildman–Crippen MR) is 83.8 cm³/mol. The minimum atomic E-state index is -0.00624. The van der Waals surface area contributed by atoms with Gasteiger partial charge in [0.15, 0.2) is 5.13 Å². The minimum Gasteiger partial charge on any atom is -0.382 e. The molecule has 7 heteroatoms. The van der Waals surface area contributed by atoms with Gasteiger partial charge in [-0.25, -0.2) is 4.98 Å². The number of nitrogen functional groups attached to an aromatic ring is 1. The molecule has 2 aliphatic heterocycles. The summed E-state index contributed by atoms with van der Waals surface area (Å²) in [7, 11) is 0. The second kappa shape index (κ2) is 6.03. The highest BCUT2D eigenvalue weighted by molar-refractivity contribution is 7.18. The highest BCUT2D eigenvalue weighted by Gasteiger charge is 2.25. The number of anilines is 2. The molecule has 0 radical (unpaired) electrons. The van der Waals surface area contributed by atoms with Gasteiger partial charge in [0.05, 0.1) is 13.2 Å². The van der Waals surface area contributed by atoms with E-state index in [9.17, 15) is 4.79 Å². The Bertz CT molecular complexity index is 563. The van der Waals surface area contributed by atoms with Crippen molar-refractivity contribution in [3.8, 4) is 0 Å². The first-order valence-corrected chi connectivity index (χ1v) is 8.00. The number of rotatable bonds is 2. The van der Waals surface area contributed by atoms with Crippen LogP contribution in [0.4, 0.5) is 10.9 Å². The van der Waals surface area contributed by atoms with E-state index in [1.807, 2.05) is 4.90 Å². The average molecular weight is 308 g/mol. The number of morpholine rings is 1. The number of ether oxygens (including phenoxy) is 1. The molecule has 0 atom stereocenters. The Balaban J connectivity index is 1.76. The number of hydrogen-bond donors (Lipinski definition) is 1. The Morgan fingerprint density at radius 2 is 2.14 bits per heavy atom. The first-order valence-electron chi connectivity index (χ1n) is 7.19. The number of amides is 1. The molecule has 2 N–H and O–H groups in total. The van der Waals surface area contributed by atoms with Crippen molar-refractivity contribution < 1.29 is 9.53 Å². The summed E-state index contributed by atoms with van der Waals surface area (Å²) in [5, 5.41) is 0.822. The maximum atomic E-state index is 12.6. The van der Waals surface area contributed by atoms with Crippen LogP contribution in [0.15, 0.2) is 11.6 Å². The number of hydrogen-bond acceptors (Lipinski definition) is 6. The summed E-state index contributed by atoms with van der Waals surface area (Å²) < 4.78 is 5.33. The van der Waals surface area contributed by atoms with Gasteiger partial charge in [0.2, 0.25) is 0 Å². The lowest BCUT2D eigenvalue weighted by atomic mass is 10.1. The Kier molecular flexibility index (Phi) is 4.12. The van der Waals surface area contributed by atoms with Crippen LogP contribution in [0.25, 0.3) is 0 Å². The highest BCUT2D eigenvalue weighted by Crippen LogP contribution is 2.30. The summed E-state index contributed by atoms with van der Waals surface area (Å²) in [6.45, 7) is 6.50. The fraction of sp³-hybridized carbons (Fsp3) is 0.571. The second-order valence-electron chi connectivity index (χ2n) is 5.36. The summed E-state index contributed by atoms with van der Waals surface area (Å²) >= 11 is 1.39. The van der Waals surface area contributed by atoms with Crippen LogP contribution in [0, 0.1) is 0 Å². The lowest BCUT2D eigenvalue weighted by Gasteiger charge is -2.26. The summed E-state index contributed by atoms with van der Waals surface area (Å²) in [5.74, 6) is 0.339. The summed E-state index contributed by atoms with van der Waals surface area (Å²) in [5.41, 5.74) is 7.30. The van der Waals surface area contributed by atoms with E-state index in [2.05, 4.69) is 22.9 Å². The molecule has 1 aromatic rings. The standard InChI is InChI=1S/C14H20N4O2S/c1-10-2-4-17(5-3-10)13(19)11-12(15)16-14(21-11)18-6-8-20-9-7-18/h2H,3-9,15H2,1H3. The van der Waals surface area contributed by atoms with Crippen molar-refractivity contribution in [2.45, 2.75) is 13.3 Å². The van der Waals surface area contributed by atoms with Gasteiger partial charge in [-0.1, -0.05) is 23.0 Å². The Morgan fingerprint density at radius 3 is 2.81 bits per heavy atom. The van der Waals surface area contributed by atoms with Crippen LogP contribution in [0.5, 0.6) is 0 Å². The normalized spacial score (nSPS) is 19.6. The van der Waals surface area contributed by atoms with Crippen LogP contribution >= 0.6 is 11.3 Å². The molecule has 21 heavy (non-hydrogen) atoms. The topological polar surface area (TPSA) is 71.7 Å². The van der Waals surface area contributed by atoms with Crippen LogP contribution < -0.4 is 10.6 Å². The number of nitrogens with two attached hydrogens (primary N) is 1. The van der Waals surface area contributed by atoms with Crippen molar-refractivity contribution in [2.24, 2.45) is 0 Å². The SMILES string of the molecule is CC1=CCN(C(=O)c2sc(N3CCOCC3)nc2N)CC1. The van der Waals surface area contributed by atoms with E-state index in [4.69, 9.17) is 10.5 Å². The number of aromatic nitrogens is 1. The molecule has 0 unspecified atom stereocenters. The zero-order chi connectivity index (χ0) is 14.8. The summed E-state index contributed by atoms with van der Waals surface area (Å²) in [4.78, 5) is 21.5. The third-order valence-electron chi connectivity index (χ3n) is 3.84. The Labute approximate surface area is 128 Å². The highest BCUT2D eigenvalue weighted by atomic mass is 32.1. The molecule has 1 fully saturated rings. The first kappa shape index (κ1) is 14.3. The van der Waals surface area contributed by atoms with Gasteiger partial charge in [-0.3, -0.25) is 4.79 Å². The lowest BCUT2D eigenvalue weighted by molar-refractivity contribution is 0.0774. The van der Waals surface area contributed by atoms with Crippen LogP contribution in [-0.4, -0.2) is 55.2 Å². The molecule has 1 saturated heterocycles. The first-order chi connectivity index (χ1) is 10.1. The van der Waals surface area contributed by atoms with Crippen molar-refractivity contribution in [2.75, 3.05) is 50.0 Å². The number of thiazole rings is 1. The molecule has 0 bridgehead atoms. The van der Waals surface area contributed by atoms with E-state index in [0.29, 0.717) is 30.5 Å². The fourth-order valence-electron chi connectivity index (χ4n) is 2.46. The van der Waals surface area contributed by atoms with Crippen molar-refractivity contribution >= 4 is 28.2 Å². The fourth-order valence-corrected chi connectivity index (χ4v) is 3.47. The monoisotopic (exact) mass is 308 g/mol. The van der Waals surface area contributed by atoms with Crippen molar-refractivity contribution in [3.05, 3.63) is 16.5 Å². The van der Waals surface area contributed by atoms with Gasteiger partial charge >= 0.3 is 0 Å². The number of carbonyl (C=O) groups is 1. The third kappa shape index (κ3) is 3.03. The molecular weight excluding hydrogens is 288 g/mol. The molecule has 3 heterocycles. The van der Waals surface area contributed by atoms with Crippen molar-refractivity contribution in [3.63, 3.8) is 0 Å². The minimum absolute atomic E-state index is 0.00624. The largest absolute Gasteiger partial charge is 0.382 e. The predicted octanol–water partition coefficient (Wildman–Crippen LogP) is 1.35. The molecule has 1 aromatic heterocycles. The second-order valence-corrected chi connectivity index (χ2v) is 6.34. The maximum absolute atomic E-state index is 12.6. The summed E-state index contributed by atoms with van der Waals surface area (Å²) in [6.07, 6.45) is 3.03. The number of carbonyl (C=O) groups excluding carboxylic acids is 1. The van der Waals surface area contributed by atoms with Crippen LogP contribution in [0.2, 0.25) is 0 Å². The van der Waals surface area contributed by atoms with Crippen LogP contribution in [0.3, 0.4) is 0 Å². The van der Waals surface area contributed by atoms with Gasteiger partial charge in [0.25, 0.3) is 5.91 Å². The zero-order valence-electron chi connectivity index (χ0n) is 12.2. The Morgan fingerprint density at radius 1 is 1.38 bits per heavy atom. The smallest absolute Gasteiger partial charge is 0.268 e. The van der Waals surface area contributed by atoms with Gasteiger partial charge in [0, 0.05) is 26.2 Å². The van der Waals surface area contributed by atoms with Crippen LogP contribution in [-0.2, 0) is 4.74 Å².